The molecule has 0 aromatic heterocycles. The molecule has 0 saturated carbocycles. The lowest BCUT2D eigenvalue weighted by Gasteiger charge is -2.41. The fourth-order valence-electron chi connectivity index (χ4n) is 3.95. The number of amides is 1. The van der Waals surface area contributed by atoms with Crippen LogP contribution < -0.4 is 9.47 Å². The molecule has 0 unspecified atom stereocenters. The van der Waals surface area contributed by atoms with Gasteiger partial charge in [-0.25, -0.2) is 0 Å². The Kier molecular flexibility index (Phi) is 6.27. The normalized spacial score (nSPS) is 15.9. The minimum absolute atomic E-state index is 0.289. The van der Waals surface area contributed by atoms with Gasteiger partial charge in [0.1, 0.15) is 0 Å². The van der Waals surface area contributed by atoms with Gasteiger partial charge in [-0.05, 0) is 55.2 Å². The van der Waals surface area contributed by atoms with Crippen molar-refractivity contribution in [2.75, 3.05) is 20.8 Å². The van der Waals surface area contributed by atoms with Crippen LogP contribution in [0.25, 0.3) is 0 Å². The predicted octanol–water partition coefficient (Wildman–Crippen LogP) is 4.17. The van der Waals surface area contributed by atoms with Crippen molar-refractivity contribution in [3.8, 4) is 11.5 Å². The van der Waals surface area contributed by atoms with Gasteiger partial charge in [0.2, 0.25) is 0 Å². The monoisotopic (exact) mass is 431 g/mol. The van der Waals surface area contributed by atoms with Gasteiger partial charge < -0.3 is 19.1 Å². The molecule has 0 radical (unpaired) electrons. The van der Waals surface area contributed by atoms with Crippen LogP contribution in [-0.2, 0) is 20.7 Å². The zero-order valence-corrected chi connectivity index (χ0v) is 18.6. The molecule has 160 valence electrons. The Morgan fingerprint density at radius 3 is 2.30 bits per heavy atom. The summed E-state index contributed by atoms with van der Waals surface area (Å²) in [5, 5.41) is 0.549. The molecule has 2 aromatic carbocycles. The maximum absolute atomic E-state index is 13.5. The molecule has 0 bridgehead atoms. The maximum Gasteiger partial charge on any atom is 0.303 e. The molecule has 0 spiro atoms. The van der Waals surface area contributed by atoms with E-state index in [2.05, 4.69) is 0 Å². The number of carbonyl (C=O) groups is 2. The quantitative estimate of drug-likeness (QED) is 0.664. The Morgan fingerprint density at radius 1 is 1.07 bits per heavy atom. The van der Waals surface area contributed by atoms with Gasteiger partial charge in [-0.2, -0.15) is 0 Å². The maximum atomic E-state index is 13.5. The second kappa shape index (κ2) is 8.56. The highest BCUT2D eigenvalue weighted by molar-refractivity contribution is 6.31. The van der Waals surface area contributed by atoms with Crippen molar-refractivity contribution in [2.45, 2.75) is 38.8 Å². The Labute approximate surface area is 181 Å². The van der Waals surface area contributed by atoms with Crippen LogP contribution in [0.2, 0.25) is 5.02 Å². The van der Waals surface area contributed by atoms with Gasteiger partial charge in [0.15, 0.2) is 17.1 Å². The third-order valence-corrected chi connectivity index (χ3v) is 5.59. The number of halogens is 1. The van der Waals surface area contributed by atoms with E-state index in [9.17, 15) is 9.59 Å². The van der Waals surface area contributed by atoms with Crippen LogP contribution in [-0.4, -0.2) is 43.1 Å². The summed E-state index contributed by atoms with van der Waals surface area (Å²) in [5.41, 5.74) is 1.43. The largest absolute Gasteiger partial charge is 0.493 e. The SMILES string of the molecule is COc1cc2c(cc1OC)[C@H](c1ccccc1Cl)N(C(=O)C(C)(C)OC(C)=O)CC2. The number of hydrogen-bond donors (Lipinski definition) is 0. The molecule has 30 heavy (non-hydrogen) atoms. The molecule has 6 nitrogen and oxygen atoms in total. The van der Waals surface area contributed by atoms with E-state index in [-0.39, 0.29) is 5.91 Å². The van der Waals surface area contributed by atoms with Crippen molar-refractivity contribution in [3.63, 3.8) is 0 Å². The Bertz CT molecular complexity index is 972. The average molecular weight is 432 g/mol. The highest BCUT2D eigenvalue weighted by atomic mass is 35.5. The van der Waals surface area contributed by atoms with Crippen molar-refractivity contribution in [3.05, 3.63) is 58.1 Å². The molecular weight excluding hydrogens is 406 g/mol. The molecule has 0 fully saturated rings. The van der Waals surface area contributed by atoms with Crippen LogP contribution in [0.15, 0.2) is 36.4 Å². The summed E-state index contributed by atoms with van der Waals surface area (Å²) >= 11 is 6.55. The van der Waals surface area contributed by atoms with E-state index in [4.69, 9.17) is 25.8 Å². The molecule has 3 rings (SSSR count). The van der Waals surface area contributed by atoms with E-state index >= 15 is 0 Å². The van der Waals surface area contributed by atoms with Crippen molar-refractivity contribution in [1.29, 1.82) is 0 Å². The van der Waals surface area contributed by atoms with Crippen molar-refractivity contribution in [1.82, 2.24) is 4.90 Å². The molecule has 1 aliphatic heterocycles. The van der Waals surface area contributed by atoms with E-state index in [0.717, 1.165) is 16.7 Å². The number of benzene rings is 2. The Hall–Kier alpha value is -2.73. The summed E-state index contributed by atoms with van der Waals surface area (Å²) in [6.45, 7) is 4.94. The summed E-state index contributed by atoms with van der Waals surface area (Å²) in [6, 6.07) is 10.8. The Balaban J connectivity index is 2.17. The van der Waals surface area contributed by atoms with Crippen LogP contribution in [0, 0.1) is 0 Å². The minimum Gasteiger partial charge on any atom is -0.493 e. The Morgan fingerprint density at radius 2 is 1.70 bits per heavy atom. The van der Waals surface area contributed by atoms with E-state index in [1.165, 1.54) is 6.92 Å². The summed E-state index contributed by atoms with van der Waals surface area (Å²) in [4.78, 5) is 26.8. The van der Waals surface area contributed by atoms with E-state index < -0.39 is 17.6 Å². The number of nitrogens with zero attached hydrogens (tertiary/aromatic N) is 1. The third kappa shape index (κ3) is 4.10. The third-order valence-electron chi connectivity index (χ3n) is 5.25. The van der Waals surface area contributed by atoms with E-state index in [1.807, 2.05) is 30.3 Å². The van der Waals surface area contributed by atoms with Crippen LogP contribution in [0.5, 0.6) is 11.5 Å². The molecule has 0 aliphatic carbocycles. The molecule has 0 saturated heterocycles. The number of hydrogen-bond acceptors (Lipinski definition) is 5. The number of fused-ring (bicyclic) bond motifs is 1. The van der Waals surface area contributed by atoms with Crippen molar-refractivity contribution < 1.29 is 23.8 Å². The average Bonchev–Trinajstić information content (AvgIpc) is 2.71. The van der Waals surface area contributed by atoms with Crippen LogP contribution >= 0.6 is 11.6 Å². The topological polar surface area (TPSA) is 65.1 Å². The first-order valence-electron chi connectivity index (χ1n) is 9.69. The lowest BCUT2D eigenvalue weighted by Crippen LogP contribution is -2.51. The lowest BCUT2D eigenvalue weighted by molar-refractivity contribution is -0.169. The first kappa shape index (κ1) is 22.0. The first-order valence-corrected chi connectivity index (χ1v) is 10.1. The molecule has 1 atom stereocenters. The zero-order chi connectivity index (χ0) is 22.1. The fraction of sp³-hybridized carbons (Fsp3) is 0.391. The molecule has 0 N–H and O–H groups in total. The smallest absolute Gasteiger partial charge is 0.303 e. The molecule has 1 aliphatic rings. The summed E-state index contributed by atoms with van der Waals surface area (Å²) < 4.78 is 16.3. The number of rotatable bonds is 5. The second-order valence-electron chi connectivity index (χ2n) is 7.68. The second-order valence-corrected chi connectivity index (χ2v) is 8.09. The van der Waals surface area contributed by atoms with Gasteiger partial charge in [-0.15, -0.1) is 0 Å². The number of esters is 1. The van der Waals surface area contributed by atoms with E-state index in [1.54, 1.807) is 39.0 Å². The predicted molar refractivity (Wildman–Crippen MR) is 114 cm³/mol. The van der Waals surface area contributed by atoms with Crippen LogP contribution in [0.4, 0.5) is 0 Å². The van der Waals surface area contributed by atoms with Gasteiger partial charge in [0.25, 0.3) is 5.91 Å². The van der Waals surface area contributed by atoms with Crippen molar-refractivity contribution in [2.24, 2.45) is 0 Å². The molecule has 2 aromatic rings. The van der Waals surface area contributed by atoms with Crippen LogP contribution in [0.3, 0.4) is 0 Å². The lowest BCUT2D eigenvalue weighted by atomic mass is 9.86. The molecule has 7 heteroatoms. The molecule has 1 heterocycles. The van der Waals surface area contributed by atoms with Gasteiger partial charge in [0.05, 0.1) is 20.3 Å². The summed E-state index contributed by atoms with van der Waals surface area (Å²) in [6.07, 6.45) is 0.624. The van der Waals surface area contributed by atoms with E-state index in [0.29, 0.717) is 29.5 Å². The van der Waals surface area contributed by atoms with Gasteiger partial charge in [0, 0.05) is 18.5 Å². The van der Waals surface area contributed by atoms with Gasteiger partial charge >= 0.3 is 5.97 Å². The standard InChI is InChI=1S/C23H26ClNO5/c1-14(26)30-23(2,3)22(27)25-11-10-15-12-19(28-4)20(29-5)13-17(15)21(25)16-8-6-7-9-18(16)24/h6-9,12-13,21H,10-11H2,1-5H3/t21-/m0/s1. The fourth-order valence-corrected chi connectivity index (χ4v) is 4.18. The highest BCUT2D eigenvalue weighted by Gasteiger charge is 2.42. The molecule has 1 amide bonds. The first-order chi connectivity index (χ1) is 14.2. The minimum atomic E-state index is -1.31. The zero-order valence-electron chi connectivity index (χ0n) is 17.8. The molecular formula is C23H26ClNO5. The highest BCUT2D eigenvalue weighted by Crippen LogP contribution is 2.43. The summed E-state index contributed by atoms with van der Waals surface area (Å²) in [5.74, 6) is 0.408. The summed E-state index contributed by atoms with van der Waals surface area (Å²) in [7, 11) is 3.17. The van der Waals surface area contributed by atoms with Gasteiger partial charge in [-0.1, -0.05) is 29.8 Å². The number of methoxy groups -OCH3 is 2. The van der Waals surface area contributed by atoms with Crippen LogP contribution in [0.1, 0.15) is 43.5 Å². The number of ether oxygens (including phenoxy) is 3. The number of carbonyl (C=O) groups excluding carboxylic acids is 2. The van der Waals surface area contributed by atoms with Crippen molar-refractivity contribution >= 4 is 23.5 Å². The van der Waals surface area contributed by atoms with Gasteiger partial charge in [-0.3, -0.25) is 9.59 Å².